The van der Waals surface area contributed by atoms with Gasteiger partial charge in [-0.05, 0) is 53.8 Å². The molecule has 0 aliphatic carbocycles. The van der Waals surface area contributed by atoms with E-state index in [1.807, 2.05) is 17.0 Å². The molecule has 1 aliphatic heterocycles. The molecule has 6 rings (SSSR count). The molecule has 0 spiro atoms. The van der Waals surface area contributed by atoms with Gasteiger partial charge in [-0.15, -0.1) is 11.3 Å². The molecule has 2 heterocycles. The van der Waals surface area contributed by atoms with Crippen molar-refractivity contribution in [3.63, 3.8) is 0 Å². The molecule has 0 unspecified atom stereocenters. The first-order valence-corrected chi connectivity index (χ1v) is 14.5. The van der Waals surface area contributed by atoms with Gasteiger partial charge in [-0.25, -0.2) is 9.67 Å². The van der Waals surface area contributed by atoms with Crippen LogP contribution in [0.4, 0.5) is 11.4 Å². The quantitative estimate of drug-likeness (QED) is 0.208. The van der Waals surface area contributed by atoms with Crippen molar-refractivity contribution in [2.75, 3.05) is 31.2 Å². The molecule has 5 nitrogen and oxygen atoms in total. The van der Waals surface area contributed by atoms with Gasteiger partial charge in [-0.1, -0.05) is 84.9 Å². The van der Waals surface area contributed by atoms with Gasteiger partial charge >= 0.3 is 0 Å². The van der Waals surface area contributed by atoms with Crippen LogP contribution in [0.3, 0.4) is 0 Å². The second-order valence-corrected chi connectivity index (χ2v) is 10.8. The second-order valence-electron chi connectivity index (χ2n) is 9.95. The Hall–Kier alpha value is -4.26. The van der Waals surface area contributed by atoms with Crippen LogP contribution in [0.2, 0.25) is 0 Å². The lowest BCUT2D eigenvalue weighted by Crippen LogP contribution is -2.36. The lowest BCUT2D eigenvalue weighted by atomic mass is 10.0. The topological polar surface area (TPSA) is 42.1 Å². The van der Waals surface area contributed by atoms with Crippen LogP contribution in [-0.2, 0) is 4.74 Å². The monoisotopic (exact) mass is 544 g/mol. The van der Waals surface area contributed by atoms with Gasteiger partial charge < -0.3 is 9.64 Å². The largest absolute Gasteiger partial charge is 0.378 e. The second kappa shape index (κ2) is 11.9. The molecule has 0 N–H and O–H groups in total. The Labute approximate surface area is 239 Å². The number of benzene rings is 4. The van der Waals surface area contributed by atoms with E-state index in [1.54, 1.807) is 11.3 Å². The van der Waals surface area contributed by atoms with Gasteiger partial charge in [0.2, 0.25) is 4.80 Å². The molecule has 0 radical (unpaired) electrons. The fourth-order valence-electron chi connectivity index (χ4n) is 4.95. The highest BCUT2D eigenvalue weighted by Crippen LogP contribution is 2.27. The summed E-state index contributed by atoms with van der Waals surface area (Å²) in [5.74, 6) is 0. The van der Waals surface area contributed by atoms with E-state index in [9.17, 15) is 0 Å². The van der Waals surface area contributed by atoms with Crippen LogP contribution in [0.15, 0.2) is 113 Å². The minimum absolute atomic E-state index is 0.778. The van der Waals surface area contributed by atoms with E-state index < -0.39 is 0 Å². The molecule has 0 saturated carbocycles. The number of aromatic nitrogens is 1. The molecule has 6 heteroatoms. The molecule has 5 aromatic rings. The van der Waals surface area contributed by atoms with Gasteiger partial charge in [0.15, 0.2) is 0 Å². The number of hydrogen-bond acceptors (Lipinski definition) is 5. The Morgan fingerprint density at radius 1 is 0.725 bits per heavy atom. The molecule has 0 amide bonds. The number of para-hydroxylation sites is 1. The number of rotatable bonds is 6. The summed E-state index contributed by atoms with van der Waals surface area (Å²) in [6.07, 6.45) is 1.92. The molecule has 40 heavy (non-hydrogen) atoms. The SMILES string of the molecule is Cc1cccc(C)c1N=c1scc(-c2ccc(-c3ccccc3)cc2)n1N=Cc1ccc(N2CCOCC2)cc1. The van der Waals surface area contributed by atoms with Crippen LogP contribution >= 0.6 is 11.3 Å². The number of nitrogens with zero attached hydrogens (tertiary/aromatic N) is 4. The van der Waals surface area contributed by atoms with E-state index in [0.717, 1.165) is 64.7 Å². The van der Waals surface area contributed by atoms with Crippen molar-refractivity contribution in [2.45, 2.75) is 13.8 Å². The van der Waals surface area contributed by atoms with E-state index in [1.165, 1.54) is 16.8 Å². The average Bonchev–Trinajstić information content (AvgIpc) is 3.41. The summed E-state index contributed by atoms with van der Waals surface area (Å²) in [6, 6.07) is 34.0. The Morgan fingerprint density at radius 3 is 2.08 bits per heavy atom. The van der Waals surface area contributed by atoms with Crippen molar-refractivity contribution in [3.05, 3.63) is 124 Å². The predicted octanol–water partition coefficient (Wildman–Crippen LogP) is 7.45. The van der Waals surface area contributed by atoms with Crippen LogP contribution in [-0.4, -0.2) is 37.2 Å². The summed E-state index contributed by atoms with van der Waals surface area (Å²) >= 11 is 1.60. The maximum Gasteiger partial charge on any atom is 0.211 e. The molecular formula is C34H32N4OS. The summed E-state index contributed by atoms with van der Waals surface area (Å²) in [4.78, 5) is 8.28. The van der Waals surface area contributed by atoms with Crippen molar-refractivity contribution < 1.29 is 4.74 Å². The number of hydrogen-bond donors (Lipinski definition) is 0. The third-order valence-corrected chi connectivity index (χ3v) is 8.03. The van der Waals surface area contributed by atoms with E-state index in [-0.39, 0.29) is 0 Å². The zero-order chi connectivity index (χ0) is 27.3. The van der Waals surface area contributed by atoms with E-state index in [2.05, 4.69) is 115 Å². The van der Waals surface area contributed by atoms with Crippen molar-refractivity contribution >= 4 is 28.9 Å². The predicted molar refractivity (Wildman–Crippen MR) is 167 cm³/mol. The number of aryl methyl sites for hydroxylation is 2. The summed E-state index contributed by atoms with van der Waals surface area (Å²) in [5.41, 5.74) is 10.1. The normalized spacial score (nSPS) is 14.2. The van der Waals surface area contributed by atoms with Gasteiger partial charge in [0, 0.05) is 29.7 Å². The van der Waals surface area contributed by atoms with Crippen molar-refractivity contribution in [1.29, 1.82) is 0 Å². The molecule has 200 valence electrons. The molecule has 1 fully saturated rings. The fraction of sp³-hybridized carbons (Fsp3) is 0.176. The van der Waals surface area contributed by atoms with Crippen LogP contribution in [0.25, 0.3) is 22.4 Å². The highest BCUT2D eigenvalue weighted by atomic mass is 32.1. The number of thiazole rings is 1. The lowest BCUT2D eigenvalue weighted by molar-refractivity contribution is 0.122. The highest BCUT2D eigenvalue weighted by molar-refractivity contribution is 7.07. The Bertz CT molecular complexity index is 1660. The summed E-state index contributed by atoms with van der Waals surface area (Å²) in [7, 11) is 0. The number of ether oxygens (including phenoxy) is 1. The minimum atomic E-state index is 0.778. The van der Waals surface area contributed by atoms with Crippen molar-refractivity contribution in [3.8, 4) is 22.4 Å². The minimum Gasteiger partial charge on any atom is -0.378 e. The third-order valence-electron chi connectivity index (χ3n) is 7.21. The molecule has 1 saturated heterocycles. The molecule has 1 aromatic heterocycles. The zero-order valence-corrected chi connectivity index (χ0v) is 23.6. The molecular weight excluding hydrogens is 512 g/mol. The van der Waals surface area contributed by atoms with Gasteiger partial charge in [0.25, 0.3) is 0 Å². The van der Waals surface area contributed by atoms with E-state index in [4.69, 9.17) is 14.8 Å². The first-order valence-electron chi connectivity index (χ1n) is 13.6. The maximum atomic E-state index is 5.50. The Kier molecular flexibility index (Phi) is 7.71. The van der Waals surface area contributed by atoms with E-state index in [0.29, 0.717) is 0 Å². The van der Waals surface area contributed by atoms with Crippen LogP contribution < -0.4 is 9.70 Å². The standard InChI is InChI=1S/C34H32N4OS/c1-25-7-6-8-26(2)33(25)36-34-38(35-23-27-11-17-31(18-12-27)37-19-21-39-22-20-37)32(24-40-34)30-15-13-29(14-16-30)28-9-4-3-5-10-28/h3-18,23-24H,19-22H2,1-2H3. The van der Waals surface area contributed by atoms with Gasteiger partial charge in [-0.2, -0.15) is 5.10 Å². The first-order chi connectivity index (χ1) is 19.7. The smallest absolute Gasteiger partial charge is 0.211 e. The van der Waals surface area contributed by atoms with Crippen LogP contribution in [0, 0.1) is 13.8 Å². The highest BCUT2D eigenvalue weighted by Gasteiger charge is 2.12. The van der Waals surface area contributed by atoms with Crippen LogP contribution in [0.5, 0.6) is 0 Å². The third kappa shape index (κ3) is 5.69. The molecule has 1 aliphatic rings. The van der Waals surface area contributed by atoms with Crippen molar-refractivity contribution in [2.24, 2.45) is 10.1 Å². The fourth-order valence-corrected chi connectivity index (χ4v) is 5.79. The van der Waals surface area contributed by atoms with Gasteiger partial charge in [0.05, 0.1) is 30.8 Å². The molecule has 0 atom stereocenters. The number of anilines is 1. The Morgan fingerprint density at radius 2 is 1.38 bits per heavy atom. The molecule has 0 bridgehead atoms. The maximum absolute atomic E-state index is 5.50. The number of morpholine rings is 1. The molecule has 4 aromatic carbocycles. The van der Waals surface area contributed by atoms with Crippen LogP contribution in [0.1, 0.15) is 16.7 Å². The van der Waals surface area contributed by atoms with Gasteiger partial charge in [0.1, 0.15) is 0 Å². The van der Waals surface area contributed by atoms with E-state index >= 15 is 0 Å². The summed E-state index contributed by atoms with van der Waals surface area (Å²) in [5, 5.41) is 7.11. The zero-order valence-electron chi connectivity index (χ0n) is 22.8. The summed E-state index contributed by atoms with van der Waals surface area (Å²) < 4.78 is 7.46. The van der Waals surface area contributed by atoms with Gasteiger partial charge in [-0.3, -0.25) is 0 Å². The summed E-state index contributed by atoms with van der Waals surface area (Å²) in [6.45, 7) is 7.61. The Balaban J connectivity index is 1.37. The lowest BCUT2D eigenvalue weighted by Gasteiger charge is -2.28. The van der Waals surface area contributed by atoms with Crippen molar-refractivity contribution in [1.82, 2.24) is 4.68 Å². The first kappa shape index (κ1) is 26.0. The average molecular weight is 545 g/mol.